The van der Waals surface area contributed by atoms with E-state index in [0.29, 0.717) is 12.3 Å². The van der Waals surface area contributed by atoms with Gasteiger partial charge in [0.25, 0.3) is 0 Å². The molecule has 0 spiro atoms. The maximum Gasteiger partial charge on any atom is 0.387 e. The quantitative estimate of drug-likeness (QED) is 0.864. The minimum Gasteiger partial charge on any atom is -0.493 e. The summed E-state index contributed by atoms with van der Waals surface area (Å²) in [6, 6.07) is 5.26. The minimum absolute atomic E-state index is 0.0543. The Bertz CT molecular complexity index is 708. The predicted octanol–water partition coefficient (Wildman–Crippen LogP) is 2.18. The van der Waals surface area contributed by atoms with Crippen LogP contribution < -0.4 is 14.8 Å². The lowest BCUT2D eigenvalue weighted by molar-refractivity contribution is -0.0512. The van der Waals surface area contributed by atoms with Gasteiger partial charge in [0.2, 0.25) is 0 Å². The van der Waals surface area contributed by atoms with Crippen molar-refractivity contribution < 1.29 is 18.3 Å². The van der Waals surface area contributed by atoms with Crippen molar-refractivity contribution >= 4 is 0 Å². The molecule has 1 N–H and O–H groups in total. The summed E-state index contributed by atoms with van der Waals surface area (Å²) < 4.78 is 36.9. The van der Waals surface area contributed by atoms with Crippen LogP contribution in [0.15, 0.2) is 30.6 Å². The SMILES string of the molecule is COc1ccc(CN2CCNCC2c2nccn2C)cc1OC(F)F. The van der Waals surface area contributed by atoms with Crippen LogP contribution in [0.4, 0.5) is 8.78 Å². The summed E-state index contributed by atoms with van der Waals surface area (Å²) in [6.45, 7) is 0.236. The number of rotatable bonds is 6. The van der Waals surface area contributed by atoms with E-state index in [1.165, 1.54) is 7.11 Å². The second kappa shape index (κ2) is 7.79. The molecule has 1 aliphatic heterocycles. The zero-order valence-corrected chi connectivity index (χ0v) is 14.3. The first-order chi connectivity index (χ1) is 12.1. The summed E-state index contributed by atoms with van der Waals surface area (Å²) in [5, 5.41) is 3.38. The molecule has 0 bridgehead atoms. The van der Waals surface area contributed by atoms with Crippen LogP contribution in [0.1, 0.15) is 17.4 Å². The number of hydrogen-bond acceptors (Lipinski definition) is 5. The Morgan fingerprint density at radius 2 is 2.20 bits per heavy atom. The lowest BCUT2D eigenvalue weighted by Gasteiger charge is -2.35. The predicted molar refractivity (Wildman–Crippen MR) is 88.9 cm³/mol. The summed E-state index contributed by atoms with van der Waals surface area (Å²) in [6.07, 6.45) is 3.70. The van der Waals surface area contributed by atoms with Gasteiger partial charge in [-0.3, -0.25) is 4.90 Å². The Morgan fingerprint density at radius 1 is 1.36 bits per heavy atom. The molecule has 0 amide bonds. The largest absolute Gasteiger partial charge is 0.493 e. The Balaban J connectivity index is 1.81. The second-order valence-corrected chi connectivity index (χ2v) is 5.95. The van der Waals surface area contributed by atoms with Crippen LogP contribution in [-0.4, -0.2) is 47.8 Å². The van der Waals surface area contributed by atoms with Gasteiger partial charge in [0.1, 0.15) is 5.82 Å². The van der Waals surface area contributed by atoms with E-state index in [2.05, 4.69) is 19.9 Å². The van der Waals surface area contributed by atoms with E-state index in [9.17, 15) is 8.78 Å². The van der Waals surface area contributed by atoms with E-state index in [1.807, 2.05) is 23.9 Å². The maximum absolute atomic E-state index is 12.6. The van der Waals surface area contributed by atoms with Crippen LogP contribution in [0.3, 0.4) is 0 Å². The molecular formula is C17H22F2N4O2. The fourth-order valence-corrected chi connectivity index (χ4v) is 3.13. The van der Waals surface area contributed by atoms with Gasteiger partial charge in [0.15, 0.2) is 11.5 Å². The average molecular weight is 352 g/mol. The van der Waals surface area contributed by atoms with Crippen LogP contribution in [0.5, 0.6) is 11.5 Å². The van der Waals surface area contributed by atoms with E-state index in [4.69, 9.17) is 4.74 Å². The third-order valence-corrected chi connectivity index (χ3v) is 4.34. The number of piperazine rings is 1. The highest BCUT2D eigenvalue weighted by Crippen LogP contribution is 2.31. The van der Waals surface area contributed by atoms with E-state index in [1.54, 1.807) is 18.3 Å². The highest BCUT2D eigenvalue weighted by atomic mass is 19.3. The average Bonchev–Trinajstić information content (AvgIpc) is 3.01. The molecule has 2 heterocycles. The van der Waals surface area contributed by atoms with Gasteiger partial charge in [-0.2, -0.15) is 8.78 Å². The van der Waals surface area contributed by atoms with Crippen molar-refractivity contribution in [3.8, 4) is 11.5 Å². The summed E-state index contributed by atoms with van der Waals surface area (Å²) >= 11 is 0. The number of hydrogen-bond donors (Lipinski definition) is 1. The number of nitrogens with zero attached hydrogens (tertiary/aromatic N) is 3. The van der Waals surface area contributed by atoms with E-state index in [0.717, 1.165) is 31.0 Å². The first kappa shape index (κ1) is 17.6. The first-order valence-corrected chi connectivity index (χ1v) is 8.12. The van der Waals surface area contributed by atoms with Crippen molar-refractivity contribution in [1.82, 2.24) is 19.8 Å². The van der Waals surface area contributed by atoms with Crippen LogP contribution in [0.2, 0.25) is 0 Å². The number of halogens is 2. The Morgan fingerprint density at radius 3 is 2.88 bits per heavy atom. The van der Waals surface area contributed by atoms with Gasteiger partial charge in [-0.1, -0.05) is 6.07 Å². The van der Waals surface area contributed by atoms with Crippen molar-refractivity contribution in [2.45, 2.75) is 19.2 Å². The van der Waals surface area contributed by atoms with Crippen LogP contribution in [0, 0.1) is 0 Å². The van der Waals surface area contributed by atoms with Gasteiger partial charge in [0, 0.05) is 45.6 Å². The summed E-state index contributed by atoms with van der Waals surface area (Å²) in [4.78, 5) is 6.74. The van der Waals surface area contributed by atoms with Crippen molar-refractivity contribution in [2.24, 2.45) is 7.05 Å². The monoisotopic (exact) mass is 352 g/mol. The summed E-state index contributed by atoms with van der Waals surface area (Å²) in [5.74, 6) is 1.33. The molecule has 1 aliphatic rings. The van der Waals surface area contributed by atoms with E-state index < -0.39 is 6.61 Å². The Hall–Kier alpha value is -2.19. The first-order valence-electron chi connectivity index (χ1n) is 8.12. The third kappa shape index (κ3) is 4.08. The lowest BCUT2D eigenvalue weighted by Crippen LogP contribution is -2.46. The molecule has 3 rings (SSSR count). The zero-order valence-electron chi connectivity index (χ0n) is 14.3. The molecular weight excluding hydrogens is 330 g/mol. The Labute approximate surface area is 145 Å². The smallest absolute Gasteiger partial charge is 0.387 e. The van der Waals surface area contributed by atoms with Crippen molar-refractivity contribution in [2.75, 3.05) is 26.7 Å². The number of nitrogens with one attached hydrogen (secondary N) is 1. The standard InChI is InChI=1S/C17H22F2N4O2/c1-22-7-6-21-16(22)13-10-20-5-8-23(13)11-12-3-4-14(24-2)15(9-12)25-17(18)19/h3-4,6-7,9,13,17,20H,5,8,10-11H2,1-2H3. The van der Waals surface area contributed by atoms with Crippen molar-refractivity contribution in [3.05, 3.63) is 42.0 Å². The number of ether oxygens (including phenoxy) is 2. The van der Waals surface area contributed by atoms with Crippen LogP contribution in [-0.2, 0) is 13.6 Å². The molecule has 1 aromatic carbocycles. The molecule has 1 aromatic heterocycles. The molecule has 1 saturated heterocycles. The fourth-order valence-electron chi connectivity index (χ4n) is 3.13. The molecule has 2 aromatic rings. The number of methoxy groups -OCH3 is 1. The maximum atomic E-state index is 12.6. The number of aryl methyl sites for hydroxylation is 1. The molecule has 0 radical (unpaired) electrons. The van der Waals surface area contributed by atoms with Gasteiger partial charge in [0.05, 0.1) is 13.2 Å². The zero-order chi connectivity index (χ0) is 17.8. The molecule has 6 nitrogen and oxygen atoms in total. The Kier molecular flexibility index (Phi) is 5.50. The van der Waals surface area contributed by atoms with Crippen molar-refractivity contribution in [3.63, 3.8) is 0 Å². The topological polar surface area (TPSA) is 51.5 Å². The second-order valence-electron chi connectivity index (χ2n) is 5.95. The molecule has 136 valence electrons. The number of alkyl halides is 2. The van der Waals surface area contributed by atoms with Gasteiger partial charge in [-0.15, -0.1) is 0 Å². The summed E-state index contributed by atoms with van der Waals surface area (Å²) in [7, 11) is 3.40. The van der Waals surface area contributed by atoms with E-state index >= 15 is 0 Å². The normalized spacial score (nSPS) is 18.5. The van der Waals surface area contributed by atoms with Crippen molar-refractivity contribution in [1.29, 1.82) is 0 Å². The minimum atomic E-state index is -2.89. The molecule has 1 fully saturated rings. The highest BCUT2D eigenvalue weighted by Gasteiger charge is 2.27. The molecule has 0 aliphatic carbocycles. The van der Waals surface area contributed by atoms with Gasteiger partial charge < -0.3 is 19.4 Å². The van der Waals surface area contributed by atoms with Crippen LogP contribution in [0.25, 0.3) is 0 Å². The third-order valence-electron chi connectivity index (χ3n) is 4.34. The van der Waals surface area contributed by atoms with Gasteiger partial charge in [-0.05, 0) is 17.7 Å². The number of benzene rings is 1. The highest BCUT2D eigenvalue weighted by molar-refractivity contribution is 5.43. The molecule has 0 saturated carbocycles. The van der Waals surface area contributed by atoms with Gasteiger partial charge in [-0.25, -0.2) is 4.98 Å². The molecule has 8 heteroatoms. The van der Waals surface area contributed by atoms with Crippen LogP contribution >= 0.6 is 0 Å². The fraction of sp³-hybridized carbons (Fsp3) is 0.471. The molecule has 25 heavy (non-hydrogen) atoms. The number of imidazole rings is 1. The number of aromatic nitrogens is 2. The van der Waals surface area contributed by atoms with E-state index in [-0.39, 0.29) is 11.8 Å². The molecule has 1 unspecified atom stereocenters. The summed E-state index contributed by atoms with van der Waals surface area (Å²) in [5.41, 5.74) is 0.887. The molecule has 1 atom stereocenters. The van der Waals surface area contributed by atoms with Gasteiger partial charge >= 0.3 is 6.61 Å². The lowest BCUT2D eigenvalue weighted by atomic mass is 10.1.